The van der Waals surface area contributed by atoms with Crippen LogP contribution in [0.1, 0.15) is 19.8 Å². The molecular weight excluding hydrogens is 304 g/mol. The third-order valence-corrected chi connectivity index (χ3v) is 5.07. The van der Waals surface area contributed by atoms with Crippen LogP contribution in [0.15, 0.2) is 29.2 Å². The number of amides is 1. The van der Waals surface area contributed by atoms with Gasteiger partial charge in [0.05, 0.1) is 5.75 Å². The topological polar surface area (TPSA) is 32.3 Å². The fourth-order valence-corrected chi connectivity index (χ4v) is 3.43. The number of halogens is 1. The minimum atomic E-state index is 0.247. The van der Waals surface area contributed by atoms with Gasteiger partial charge in [-0.25, -0.2) is 0 Å². The van der Waals surface area contributed by atoms with Gasteiger partial charge in [-0.15, -0.1) is 11.8 Å². The van der Waals surface area contributed by atoms with Gasteiger partial charge in [-0.3, -0.25) is 4.79 Å². The molecule has 0 saturated carbocycles. The molecule has 116 valence electrons. The van der Waals surface area contributed by atoms with Gasteiger partial charge < -0.3 is 10.2 Å². The molecule has 1 aromatic carbocycles. The van der Waals surface area contributed by atoms with E-state index in [4.69, 9.17) is 11.6 Å². The number of nitrogens with zero attached hydrogens (tertiary/aromatic N) is 1. The predicted octanol–water partition coefficient (Wildman–Crippen LogP) is 3.28. The highest BCUT2D eigenvalue weighted by atomic mass is 35.5. The van der Waals surface area contributed by atoms with Crippen molar-refractivity contribution in [3.8, 4) is 0 Å². The molecule has 0 spiro atoms. The number of hydrogen-bond acceptors (Lipinski definition) is 3. The van der Waals surface area contributed by atoms with Crippen LogP contribution in [0.2, 0.25) is 5.02 Å². The zero-order valence-electron chi connectivity index (χ0n) is 12.5. The van der Waals surface area contributed by atoms with E-state index in [9.17, 15) is 4.79 Å². The number of carbonyl (C=O) groups excluding carboxylic acids is 1. The Morgan fingerprint density at radius 2 is 2.00 bits per heavy atom. The van der Waals surface area contributed by atoms with E-state index in [0.717, 1.165) is 54.9 Å². The number of carbonyl (C=O) groups is 1. The fourth-order valence-electron chi connectivity index (χ4n) is 2.50. The van der Waals surface area contributed by atoms with E-state index < -0.39 is 0 Å². The Hall–Kier alpha value is -0.710. The Balaban J connectivity index is 1.71. The van der Waals surface area contributed by atoms with Crippen LogP contribution in [0.25, 0.3) is 0 Å². The first-order valence-corrected chi connectivity index (χ1v) is 8.92. The summed E-state index contributed by atoms with van der Waals surface area (Å²) in [6.45, 7) is 6.04. The van der Waals surface area contributed by atoms with E-state index in [1.54, 1.807) is 11.8 Å². The maximum Gasteiger partial charge on any atom is 0.232 e. The summed E-state index contributed by atoms with van der Waals surface area (Å²) in [5, 5.41) is 4.12. The molecule has 0 aliphatic carbocycles. The van der Waals surface area contributed by atoms with E-state index in [1.807, 2.05) is 29.2 Å². The molecule has 0 radical (unpaired) electrons. The number of likely N-dealkylation sites (tertiary alicyclic amines) is 1. The highest BCUT2D eigenvalue weighted by molar-refractivity contribution is 8.00. The first-order valence-electron chi connectivity index (χ1n) is 7.56. The fraction of sp³-hybridized carbons (Fsp3) is 0.562. The number of benzene rings is 1. The van der Waals surface area contributed by atoms with Crippen LogP contribution in [0.3, 0.4) is 0 Å². The molecule has 0 unspecified atom stereocenters. The lowest BCUT2D eigenvalue weighted by Crippen LogP contribution is -2.41. The van der Waals surface area contributed by atoms with E-state index in [1.165, 1.54) is 0 Å². The zero-order valence-corrected chi connectivity index (χ0v) is 14.1. The lowest BCUT2D eigenvalue weighted by atomic mass is 9.97. The summed E-state index contributed by atoms with van der Waals surface area (Å²) in [6.07, 6.45) is 2.23. The summed E-state index contributed by atoms with van der Waals surface area (Å²) < 4.78 is 0. The second-order valence-electron chi connectivity index (χ2n) is 5.37. The number of rotatable bonds is 6. The van der Waals surface area contributed by atoms with E-state index >= 15 is 0 Å². The van der Waals surface area contributed by atoms with Crippen LogP contribution < -0.4 is 5.32 Å². The van der Waals surface area contributed by atoms with Crippen LogP contribution >= 0.6 is 23.4 Å². The Morgan fingerprint density at radius 1 is 1.33 bits per heavy atom. The smallest absolute Gasteiger partial charge is 0.232 e. The molecule has 0 atom stereocenters. The summed E-state index contributed by atoms with van der Waals surface area (Å²) in [5.41, 5.74) is 0. The molecule has 3 nitrogen and oxygen atoms in total. The van der Waals surface area contributed by atoms with Gasteiger partial charge in [0.1, 0.15) is 0 Å². The minimum Gasteiger partial charge on any atom is -0.342 e. The number of thioether (sulfide) groups is 1. The van der Waals surface area contributed by atoms with Crippen molar-refractivity contribution in [1.29, 1.82) is 0 Å². The summed E-state index contributed by atoms with van der Waals surface area (Å²) in [7, 11) is 0. The standard InChI is InChI=1S/C16H23ClN2OS/c1-2-18-11-13-7-9-19(10-8-13)16(20)12-21-15-5-3-14(17)4-6-15/h3-6,13,18H,2,7-12H2,1H3. The third kappa shape index (κ3) is 5.53. The SMILES string of the molecule is CCNCC1CCN(C(=O)CSc2ccc(Cl)cc2)CC1. The number of piperidine rings is 1. The van der Waals surface area contributed by atoms with Crippen molar-refractivity contribution in [2.24, 2.45) is 5.92 Å². The number of nitrogens with one attached hydrogen (secondary N) is 1. The van der Waals surface area contributed by atoms with Crippen molar-refractivity contribution in [1.82, 2.24) is 10.2 Å². The molecular formula is C16H23ClN2OS. The van der Waals surface area contributed by atoms with Gasteiger partial charge in [0, 0.05) is 23.0 Å². The molecule has 0 bridgehead atoms. The molecule has 1 N–H and O–H groups in total. The average molecular weight is 327 g/mol. The maximum atomic E-state index is 12.2. The van der Waals surface area contributed by atoms with Crippen molar-refractivity contribution in [3.05, 3.63) is 29.3 Å². The Bertz CT molecular complexity index is 444. The highest BCUT2D eigenvalue weighted by Crippen LogP contribution is 2.22. The van der Waals surface area contributed by atoms with Crippen LogP contribution in [-0.2, 0) is 4.79 Å². The molecule has 1 saturated heterocycles. The second-order valence-corrected chi connectivity index (χ2v) is 6.86. The molecule has 21 heavy (non-hydrogen) atoms. The van der Waals surface area contributed by atoms with Crippen molar-refractivity contribution in [3.63, 3.8) is 0 Å². The molecule has 1 aliphatic heterocycles. The van der Waals surface area contributed by atoms with Crippen LogP contribution in [0, 0.1) is 5.92 Å². The second kappa shape index (κ2) is 8.66. The van der Waals surface area contributed by atoms with Gasteiger partial charge in [-0.2, -0.15) is 0 Å². The molecule has 5 heteroatoms. The Morgan fingerprint density at radius 3 is 2.62 bits per heavy atom. The van der Waals surface area contributed by atoms with E-state index in [2.05, 4.69) is 12.2 Å². The maximum absolute atomic E-state index is 12.2. The normalized spacial score (nSPS) is 16.2. The largest absolute Gasteiger partial charge is 0.342 e. The zero-order chi connectivity index (χ0) is 15.1. The Labute approximate surface area is 136 Å². The highest BCUT2D eigenvalue weighted by Gasteiger charge is 2.22. The van der Waals surface area contributed by atoms with E-state index in [0.29, 0.717) is 5.75 Å². The van der Waals surface area contributed by atoms with E-state index in [-0.39, 0.29) is 5.91 Å². The van der Waals surface area contributed by atoms with Gasteiger partial charge >= 0.3 is 0 Å². The van der Waals surface area contributed by atoms with Gasteiger partial charge in [-0.05, 0) is 56.1 Å². The van der Waals surface area contributed by atoms with Gasteiger partial charge in [-0.1, -0.05) is 18.5 Å². The first-order chi connectivity index (χ1) is 10.2. The molecule has 0 aromatic heterocycles. The summed E-state index contributed by atoms with van der Waals surface area (Å²) >= 11 is 7.44. The third-order valence-electron chi connectivity index (χ3n) is 3.83. The summed E-state index contributed by atoms with van der Waals surface area (Å²) in [6, 6.07) is 7.65. The van der Waals surface area contributed by atoms with Crippen molar-refractivity contribution < 1.29 is 4.79 Å². The predicted molar refractivity (Wildman–Crippen MR) is 90.0 cm³/mol. The first kappa shape index (κ1) is 16.7. The van der Waals surface area contributed by atoms with Crippen LogP contribution in [0.4, 0.5) is 0 Å². The monoisotopic (exact) mass is 326 g/mol. The molecule has 2 rings (SSSR count). The molecule has 1 fully saturated rings. The molecule has 1 heterocycles. The van der Waals surface area contributed by atoms with Crippen molar-refractivity contribution in [2.45, 2.75) is 24.7 Å². The molecule has 1 aliphatic rings. The minimum absolute atomic E-state index is 0.247. The van der Waals surface area contributed by atoms with Gasteiger partial charge in [0.2, 0.25) is 5.91 Å². The lowest BCUT2D eigenvalue weighted by molar-refractivity contribution is -0.129. The van der Waals surface area contributed by atoms with Crippen LogP contribution in [-0.4, -0.2) is 42.7 Å². The van der Waals surface area contributed by atoms with Crippen molar-refractivity contribution >= 4 is 29.3 Å². The Kier molecular flexibility index (Phi) is 6.87. The van der Waals surface area contributed by atoms with Gasteiger partial charge in [0.15, 0.2) is 0 Å². The summed E-state index contributed by atoms with van der Waals surface area (Å²) in [5.74, 6) is 1.48. The lowest BCUT2D eigenvalue weighted by Gasteiger charge is -2.32. The molecule has 1 amide bonds. The molecule has 1 aromatic rings. The average Bonchev–Trinajstić information content (AvgIpc) is 2.52. The van der Waals surface area contributed by atoms with Gasteiger partial charge in [0.25, 0.3) is 0 Å². The quantitative estimate of drug-likeness (QED) is 0.814. The van der Waals surface area contributed by atoms with Crippen molar-refractivity contribution in [2.75, 3.05) is 31.9 Å². The summed E-state index contributed by atoms with van der Waals surface area (Å²) in [4.78, 5) is 15.3. The number of hydrogen-bond donors (Lipinski definition) is 1. The van der Waals surface area contributed by atoms with Crippen LogP contribution in [0.5, 0.6) is 0 Å².